The number of nitro groups is 1. The van der Waals surface area contributed by atoms with Crippen molar-refractivity contribution < 1.29 is 4.92 Å². The average molecular weight is 254 g/mol. The van der Waals surface area contributed by atoms with Crippen molar-refractivity contribution in [1.82, 2.24) is 14.5 Å². The smallest absolute Gasteiger partial charge is 0.316 e. The van der Waals surface area contributed by atoms with Gasteiger partial charge in [0.2, 0.25) is 0 Å². The molecule has 0 saturated heterocycles. The van der Waals surface area contributed by atoms with Crippen LogP contribution in [0.25, 0.3) is 0 Å². The van der Waals surface area contributed by atoms with Crippen LogP contribution in [0.2, 0.25) is 0 Å². The minimum Gasteiger partial charge on any atom is -0.316 e. The van der Waals surface area contributed by atoms with Crippen LogP contribution in [0.4, 0.5) is 5.69 Å². The number of rotatable bonds is 5. The summed E-state index contributed by atoms with van der Waals surface area (Å²) in [5, 5.41) is 13.5. The standard InChI is InChI=1S/C10H14N4O4/c1-7(4-11-2)5-13-9(15)8(14(17)18)6-12(3)10(13)16/h6,11H,1,4-5H2,2-3H3. The molecule has 0 bridgehead atoms. The maximum Gasteiger partial charge on any atom is 0.350 e. The van der Waals surface area contributed by atoms with Gasteiger partial charge < -0.3 is 5.32 Å². The molecule has 0 amide bonds. The Hall–Kier alpha value is -2.22. The fraction of sp³-hybridized carbons (Fsp3) is 0.400. The van der Waals surface area contributed by atoms with Gasteiger partial charge in [-0.2, -0.15) is 0 Å². The molecule has 1 aromatic heterocycles. The van der Waals surface area contributed by atoms with Crippen LogP contribution in [0.5, 0.6) is 0 Å². The Morgan fingerprint density at radius 3 is 2.67 bits per heavy atom. The molecular formula is C10H14N4O4. The molecule has 1 aromatic rings. The van der Waals surface area contributed by atoms with E-state index in [1.54, 1.807) is 7.05 Å². The van der Waals surface area contributed by atoms with E-state index in [9.17, 15) is 19.7 Å². The number of aromatic nitrogens is 2. The van der Waals surface area contributed by atoms with Gasteiger partial charge in [0.25, 0.3) is 0 Å². The first-order valence-electron chi connectivity index (χ1n) is 5.14. The van der Waals surface area contributed by atoms with E-state index in [4.69, 9.17) is 0 Å². The van der Waals surface area contributed by atoms with Gasteiger partial charge in [0.05, 0.1) is 17.7 Å². The van der Waals surface area contributed by atoms with Gasteiger partial charge in [-0.25, -0.2) is 4.79 Å². The van der Waals surface area contributed by atoms with Crippen LogP contribution in [0, 0.1) is 10.1 Å². The lowest BCUT2D eigenvalue weighted by atomic mass is 10.3. The van der Waals surface area contributed by atoms with Crippen molar-refractivity contribution in [2.24, 2.45) is 7.05 Å². The van der Waals surface area contributed by atoms with Gasteiger partial charge in [-0.3, -0.25) is 24.0 Å². The highest BCUT2D eigenvalue weighted by Gasteiger charge is 2.18. The van der Waals surface area contributed by atoms with Crippen molar-refractivity contribution >= 4 is 5.69 Å². The Kier molecular flexibility index (Phi) is 4.16. The van der Waals surface area contributed by atoms with Crippen molar-refractivity contribution in [3.8, 4) is 0 Å². The van der Waals surface area contributed by atoms with Crippen LogP contribution >= 0.6 is 0 Å². The Morgan fingerprint density at radius 2 is 2.17 bits per heavy atom. The van der Waals surface area contributed by atoms with E-state index in [0.29, 0.717) is 12.1 Å². The zero-order chi connectivity index (χ0) is 13.9. The molecule has 0 saturated carbocycles. The second kappa shape index (κ2) is 5.41. The highest BCUT2D eigenvalue weighted by atomic mass is 16.6. The molecule has 0 fully saturated rings. The summed E-state index contributed by atoms with van der Waals surface area (Å²) in [5.41, 5.74) is -1.57. The second-order valence-corrected chi connectivity index (χ2v) is 3.84. The fourth-order valence-electron chi connectivity index (χ4n) is 1.50. The zero-order valence-electron chi connectivity index (χ0n) is 10.2. The van der Waals surface area contributed by atoms with Crippen molar-refractivity contribution in [2.45, 2.75) is 6.54 Å². The molecule has 0 aliphatic rings. The maximum atomic E-state index is 11.8. The Morgan fingerprint density at radius 1 is 1.56 bits per heavy atom. The third kappa shape index (κ3) is 2.72. The van der Waals surface area contributed by atoms with Crippen LogP contribution in [-0.2, 0) is 13.6 Å². The lowest BCUT2D eigenvalue weighted by Crippen LogP contribution is -2.40. The third-order valence-electron chi connectivity index (χ3n) is 2.32. The van der Waals surface area contributed by atoms with E-state index in [1.165, 1.54) is 7.05 Å². The molecule has 98 valence electrons. The van der Waals surface area contributed by atoms with Crippen LogP contribution in [0.1, 0.15) is 0 Å². The molecule has 1 N–H and O–H groups in total. The van der Waals surface area contributed by atoms with E-state index in [1.807, 2.05) is 0 Å². The molecule has 0 aliphatic heterocycles. The number of likely N-dealkylation sites (N-methyl/N-ethyl adjacent to an activating group) is 1. The topological polar surface area (TPSA) is 99.2 Å². The fourth-order valence-corrected chi connectivity index (χ4v) is 1.50. The molecule has 0 radical (unpaired) electrons. The first-order chi connectivity index (χ1) is 8.38. The summed E-state index contributed by atoms with van der Waals surface area (Å²) < 4.78 is 1.81. The van der Waals surface area contributed by atoms with Gasteiger partial charge in [0.15, 0.2) is 0 Å². The number of nitrogens with one attached hydrogen (secondary N) is 1. The summed E-state index contributed by atoms with van der Waals surface area (Å²) in [5.74, 6) is 0. The van der Waals surface area contributed by atoms with Crippen LogP contribution < -0.4 is 16.6 Å². The van der Waals surface area contributed by atoms with Crippen LogP contribution in [0.15, 0.2) is 27.9 Å². The highest BCUT2D eigenvalue weighted by molar-refractivity contribution is 5.22. The summed E-state index contributed by atoms with van der Waals surface area (Å²) in [6.07, 6.45) is 0.919. The van der Waals surface area contributed by atoms with E-state index >= 15 is 0 Å². The van der Waals surface area contributed by atoms with Gasteiger partial charge in [-0.15, -0.1) is 0 Å². The molecule has 0 spiro atoms. The molecular weight excluding hydrogens is 240 g/mol. The molecule has 8 nitrogen and oxygen atoms in total. The third-order valence-corrected chi connectivity index (χ3v) is 2.32. The maximum absolute atomic E-state index is 11.8. The summed E-state index contributed by atoms with van der Waals surface area (Å²) in [6, 6.07) is 0. The first kappa shape index (κ1) is 13.8. The monoisotopic (exact) mass is 254 g/mol. The minimum atomic E-state index is -0.916. The van der Waals surface area contributed by atoms with Gasteiger partial charge in [-0.05, 0) is 12.6 Å². The molecule has 0 aliphatic carbocycles. The van der Waals surface area contributed by atoms with Gasteiger partial charge >= 0.3 is 16.9 Å². The normalized spacial score (nSPS) is 10.3. The van der Waals surface area contributed by atoms with Crippen LogP contribution in [0.3, 0.4) is 0 Å². The van der Waals surface area contributed by atoms with E-state index in [0.717, 1.165) is 15.3 Å². The van der Waals surface area contributed by atoms with E-state index in [2.05, 4.69) is 11.9 Å². The molecule has 0 atom stereocenters. The molecule has 8 heteroatoms. The minimum absolute atomic E-state index is 0.0476. The lowest BCUT2D eigenvalue weighted by Gasteiger charge is -2.08. The van der Waals surface area contributed by atoms with Crippen molar-refractivity contribution in [3.05, 3.63) is 49.3 Å². The number of hydrogen-bond acceptors (Lipinski definition) is 5. The molecule has 0 aromatic carbocycles. The van der Waals surface area contributed by atoms with Gasteiger partial charge in [0.1, 0.15) is 0 Å². The molecule has 1 rings (SSSR count). The zero-order valence-corrected chi connectivity index (χ0v) is 10.2. The Bertz CT molecular complexity index is 599. The number of nitrogens with zero attached hydrogens (tertiary/aromatic N) is 3. The summed E-state index contributed by atoms with van der Waals surface area (Å²) >= 11 is 0. The van der Waals surface area contributed by atoms with Crippen molar-refractivity contribution in [1.29, 1.82) is 0 Å². The quantitative estimate of drug-likeness (QED) is 0.422. The summed E-state index contributed by atoms with van der Waals surface area (Å²) in [6.45, 7) is 4.05. The van der Waals surface area contributed by atoms with E-state index < -0.39 is 21.9 Å². The van der Waals surface area contributed by atoms with Gasteiger partial charge in [-0.1, -0.05) is 6.58 Å². The number of hydrogen-bond donors (Lipinski definition) is 1. The molecule has 0 unspecified atom stereocenters. The Labute approximate surface area is 102 Å². The number of aryl methyl sites for hydroxylation is 1. The van der Waals surface area contributed by atoms with Gasteiger partial charge in [0, 0.05) is 13.6 Å². The highest BCUT2D eigenvalue weighted by Crippen LogP contribution is 2.00. The molecule has 18 heavy (non-hydrogen) atoms. The average Bonchev–Trinajstić information content (AvgIpc) is 2.29. The predicted molar refractivity (Wildman–Crippen MR) is 65.7 cm³/mol. The van der Waals surface area contributed by atoms with Crippen LogP contribution in [-0.4, -0.2) is 27.6 Å². The Balaban J connectivity index is 3.34. The first-order valence-corrected chi connectivity index (χ1v) is 5.14. The SMILES string of the molecule is C=C(CNC)Cn1c(=O)c([N+](=O)[O-])cn(C)c1=O. The summed E-state index contributed by atoms with van der Waals surface area (Å²) in [4.78, 5) is 33.4. The predicted octanol–water partition coefficient (Wildman–Crippen LogP) is -0.769. The second-order valence-electron chi connectivity index (χ2n) is 3.84. The van der Waals surface area contributed by atoms with Crippen molar-refractivity contribution in [2.75, 3.05) is 13.6 Å². The van der Waals surface area contributed by atoms with Crippen molar-refractivity contribution in [3.63, 3.8) is 0 Å². The van der Waals surface area contributed by atoms with E-state index in [-0.39, 0.29) is 6.54 Å². The summed E-state index contributed by atoms with van der Waals surface area (Å²) in [7, 11) is 3.05. The largest absolute Gasteiger partial charge is 0.350 e. The molecule has 1 heterocycles. The lowest BCUT2D eigenvalue weighted by molar-refractivity contribution is -0.387.